The molecule has 0 aliphatic carbocycles. The Morgan fingerprint density at radius 3 is 2.87 bits per heavy atom. The second-order valence-corrected chi connectivity index (χ2v) is 6.69. The van der Waals surface area contributed by atoms with Crippen molar-refractivity contribution in [2.24, 2.45) is 0 Å². The highest BCUT2D eigenvalue weighted by molar-refractivity contribution is 5.94. The molecule has 0 bridgehead atoms. The molecule has 0 radical (unpaired) electrons. The number of benzene rings is 1. The molecule has 4 heterocycles. The summed E-state index contributed by atoms with van der Waals surface area (Å²) in [6.07, 6.45) is 2.73. The number of methoxy groups -OCH3 is 1. The summed E-state index contributed by atoms with van der Waals surface area (Å²) in [6.45, 7) is 0.474. The van der Waals surface area contributed by atoms with Gasteiger partial charge in [-0.2, -0.15) is 0 Å². The first-order valence-electron chi connectivity index (χ1n) is 9.31. The summed E-state index contributed by atoms with van der Waals surface area (Å²) < 4.78 is 11.8. The molecule has 0 atom stereocenters. The maximum Gasteiger partial charge on any atom is 0.414 e. The van der Waals surface area contributed by atoms with Crippen molar-refractivity contribution in [2.45, 2.75) is 0 Å². The zero-order chi connectivity index (χ0) is 20.7. The Kier molecular flexibility index (Phi) is 4.20. The molecular formula is C21H17N5O4. The van der Waals surface area contributed by atoms with Gasteiger partial charge in [0.15, 0.2) is 22.9 Å². The van der Waals surface area contributed by atoms with Crippen LogP contribution in [0.25, 0.3) is 16.6 Å². The number of carbonyl (C=O) groups excluding carboxylic acids is 1. The molecule has 1 fully saturated rings. The Hall–Kier alpha value is -4.14. The van der Waals surface area contributed by atoms with E-state index in [1.807, 2.05) is 30.3 Å². The van der Waals surface area contributed by atoms with Crippen molar-refractivity contribution in [2.75, 3.05) is 30.5 Å². The second kappa shape index (κ2) is 7.03. The minimum absolute atomic E-state index is 0.120. The van der Waals surface area contributed by atoms with Crippen molar-refractivity contribution >= 4 is 39.8 Å². The molecule has 150 valence electrons. The largest absolute Gasteiger partial charge is 0.493 e. The Bertz CT molecular complexity index is 1350. The number of nitrogens with one attached hydrogen (secondary N) is 1. The zero-order valence-electron chi connectivity index (χ0n) is 16.0. The highest BCUT2D eigenvalue weighted by Crippen LogP contribution is 2.29. The van der Waals surface area contributed by atoms with E-state index in [9.17, 15) is 9.59 Å². The van der Waals surface area contributed by atoms with Gasteiger partial charge in [-0.1, -0.05) is 6.07 Å². The van der Waals surface area contributed by atoms with Gasteiger partial charge in [0, 0.05) is 23.5 Å². The first kappa shape index (κ1) is 17.9. The zero-order valence-corrected chi connectivity index (χ0v) is 16.0. The van der Waals surface area contributed by atoms with E-state index >= 15 is 0 Å². The Balaban J connectivity index is 1.71. The molecule has 1 aliphatic heterocycles. The molecule has 1 aliphatic rings. The van der Waals surface area contributed by atoms with E-state index in [0.29, 0.717) is 17.1 Å². The van der Waals surface area contributed by atoms with Crippen molar-refractivity contribution in [3.63, 3.8) is 0 Å². The SMILES string of the molecule is COc1cccn2c(=O)c(N3CCOC3=O)c(Nc3ccc4ncccc4c3)nc12. The van der Waals surface area contributed by atoms with Crippen LogP contribution in [0.15, 0.2) is 59.7 Å². The third-order valence-corrected chi connectivity index (χ3v) is 4.91. The van der Waals surface area contributed by atoms with Crippen LogP contribution in [0.3, 0.4) is 0 Å². The highest BCUT2D eigenvalue weighted by Gasteiger charge is 2.30. The van der Waals surface area contributed by atoms with Crippen LogP contribution in [0.5, 0.6) is 5.75 Å². The second-order valence-electron chi connectivity index (χ2n) is 6.69. The highest BCUT2D eigenvalue weighted by atomic mass is 16.6. The lowest BCUT2D eigenvalue weighted by Crippen LogP contribution is -2.32. The van der Waals surface area contributed by atoms with E-state index in [0.717, 1.165) is 10.9 Å². The summed E-state index contributed by atoms with van der Waals surface area (Å²) >= 11 is 0. The monoisotopic (exact) mass is 403 g/mol. The molecule has 4 aromatic rings. The summed E-state index contributed by atoms with van der Waals surface area (Å²) in [5, 5.41) is 4.12. The number of amides is 1. The van der Waals surface area contributed by atoms with Crippen LogP contribution in [-0.2, 0) is 4.74 Å². The number of pyridine rings is 2. The fourth-order valence-corrected chi connectivity index (χ4v) is 3.50. The van der Waals surface area contributed by atoms with E-state index in [1.54, 1.807) is 24.5 Å². The van der Waals surface area contributed by atoms with Crippen LogP contribution < -0.4 is 20.5 Å². The van der Waals surface area contributed by atoms with Crippen LogP contribution in [0.4, 0.5) is 22.0 Å². The standard InChI is InChI=1S/C21H17N5O4/c1-29-16-5-3-9-26-19(16)24-18(17(20(26)27)25-10-11-30-21(25)28)23-14-6-7-15-13(12-14)4-2-8-22-15/h2-9,12,23H,10-11H2,1H3. The van der Waals surface area contributed by atoms with Gasteiger partial charge in [-0.15, -0.1) is 0 Å². The molecule has 3 aromatic heterocycles. The smallest absolute Gasteiger partial charge is 0.414 e. The van der Waals surface area contributed by atoms with E-state index in [2.05, 4.69) is 15.3 Å². The molecule has 0 spiro atoms. The third kappa shape index (κ3) is 2.87. The topological polar surface area (TPSA) is 98.1 Å². The molecule has 1 aromatic carbocycles. The number of hydrogen-bond acceptors (Lipinski definition) is 7. The fourth-order valence-electron chi connectivity index (χ4n) is 3.50. The van der Waals surface area contributed by atoms with Crippen molar-refractivity contribution in [1.82, 2.24) is 14.4 Å². The Morgan fingerprint density at radius 1 is 1.17 bits per heavy atom. The molecule has 1 saturated heterocycles. The summed E-state index contributed by atoms with van der Waals surface area (Å²) in [7, 11) is 1.51. The lowest BCUT2D eigenvalue weighted by atomic mass is 10.2. The molecule has 30 heavy (non-hydrogen) atoms. The first-order chi connectivity index (χ1) is 14.7. The van der Waals surface area contributed by atoms with Crippen molar-refractivity contribution < 1.29 is 14.3 Å². The summed E-state index contributed by atoms with van der Waals surface area (Å²) in [6, 6.07) is 12.8. The number of fused-ring (bicyclic) bond motifs is 2. The third-order valence-electron chi connectivity index (χ3n) is 4.91. The average molecular weight is 403 g/mol. The van der Waals surface area contributed by atoms with Gasteiger partial charge in [0.05, 0.1) is 19.2 Å². The van der Waals surface area contributed by atoms with Gasteiger partial charge in [0.2, 0.25) is 0 Å². The minimum Gasteiger partial charge on any atom is -0.493 e. The normalized spacial score (nSPS) is 13.6. The molecule has 9 heteroatoms. The minimum atomic E-state index is -0.581. The van der Waals surface area contributed by atoms with E-state index in [4.69, 9.17) is 9.47 Å². The number of rotatable bonds is 4. The number of cyclic esters (lactones) is 1. The lowest BCUT2D eigenvalue weighted by Gasteiger charge is -2.18. The Labute approximate surface area is 170 Å². The van der Waals surface area contributed by atoms with Gasteiger partial charge in [-0.25, -0.2) is 9.78 Å². The number of nitrogens with zero attached hydrogens (tertiary/aromatic N) is 4. The molecule has 0 unspecified atom stereocenters. The number of aromatic nitrogens is 3. The van der Waals surface area contributed by atoms with Crippen molar-refractivity contribution in [1.29, 1.82) is 0 Å². The van der Waals surface area contributed by atoms with Gasteiger partial charge < -0.3 is 14.8 Å². The van der Waals surface area contributed by atoms with Crippen LogP contribution in [0, 0.1) is 0 Å². The molecule has 1 amide bonds. The summed E-state index contributed by atoms with van der Waals surface area (Å²) in [4.78, 5) is 35.8. The molecule has 0 saturated carbocycles. The van der Waals surface area contributed by atoms with Crippen molar-refractivity contribution in [3.8, 4) is 5.75 Å². The molecule has 9 nitrogen and oxygen atoms in total. The van der Waals surface area contributed by atoms with Crippen LogP contribution in [-0.4, -0.2) is 40.7 Å². The van der Waals surface area contributed by atoms with Gasteiger partial charge in [0.25, 0.3) is 5.56 Å². The van der Waals surface area contributed by atoms with Gasteiger partial charge in [-0.05, 0) is 36.4 Å². The molecular weight excluding hydrogens is 386 g/mol. The summed E-state index contributed by atoms with van der Waals surface area (Å²) in [5.74, 6) is 0.683. The van der Waals surface area contributed by atoms with Crippen LogP contribution in [0.1, 0.15) is 0 Å². The van der Waals surface area contributed by atoms with E-state index < -0.39 is 11.7 Å². The van der Waals surface area contributed by atoms with Gasteiger partial charge >= 0.3 is 6.09 Å². The maximum atomic E-state index is 13.3. The predicted molar refractivity (Wildman–Crippen MR) is 112 cm³/mol. The quantitative estimate of drug-likeness (QED) is 0.559. The van der Waals surface area contributed by atoms with Crippen LogP contribution in [0.2, 0.25) is 0 Å². The number of ether oxygens (including phenoxy) is 2. The Morgan fingerprint density at radius 2 is 2.07 bits per heavy atom. The molecule has 5 rings (SSSR count). The number of carbonyl (C=O) groups is 1. The first-order valence-corrected chi connectivity index (χ1v) is 9.31. The van der Waals surface area contributed by atoms with E-state index in [-0.39, 0.29) is 24.7 Å². The fraction of sp³-hybridized carbons (Fsp3) is 0.143. The summed E-state index contributed by atoms with van der Waals surface area (Å²) in [5.41, 5.74) is 1.61. The van der Waals surface area contributed by atoms with Gasteiger partial charge in [-0.3, -0.25) is 19.1 Å². The predicted octanol–water partition coefficient (Wildman–Crippen LogP) is 2.95. The van der Waals surface area contributed by atoms with Crippen molar-refractivity contribution in [3.05, 3.63) is 65.2 Å². The number of hydrogen-bond donors (Lipinski definition) is 1. The molecule has 1 N–H and O–H groups in total. The lowest BCUT2D eigenvalue weighted by molar-refractivity contribution is 0.181. The van der Waals surface area contributed by atoms with Gasteiger partial charge in [0.1, 0.15) is 6.61 Å². The maximum absolute atomic E-state index is 13.3. The average Bonchev–Trinajstić information content (AvgIpc) is 3.19. The number of anilines is 3. The van der Waals surface area contributed by atoms with Crippen LogP contribution >= 0.6 is 0 Å². The van der Waals surface area contributed by atoms with E-state index in [1.165, 1.54) is 16.4 Å².